The first kappa shape index (κ1) is 15.5. The second-order valence-electron chi connectivity index (χ2n) is 4.70. The normalized spacial score (nSPS) is 13.9. The molecule has 0 unspecified atom stereocenters. The first-order valence-electron chi connectivity index (χ1n) is 6.35. The highest BCUT2D eigenvalue weighted by Gasteiger charge is 2.30. The average molecular weight is 345 g/mol. The van der Waals surface area contributed by atoms with E-state index in [1.54, 1.807) is 0 Å². The van der Waals surface area contributed by atoms with Gasteiger partial charge in [-0.2, -0.15) is 13.2 Å². The fourth-order valence-corrected chi connectivity index (χ4v) is 3.05. The summed E-state index contributed by atoms with van der Waals surface area (Å²) in [7, 11) is -4.01. The molecule has 122 valence electrons. The van der Waals surface area contributed by atoms with Gasteiger partial charge in [0.1, 0.15) is 0 Å². The Morgan fingerprint density at radius 3 is 2.26 bits per heavy atom. The number of rotatable bonds is 3. The SMILES string of the molecule is O=S(=O)(Nc1ccc2c(c1)OCO2)c1ccc(C(F)(F)F)cc1. The Hall–Kier alpha value is -2.42. The molecule has 1 aliphatic heterocycles. The molecule has 0 aromatic heterocycles. The molecule has 0 saturated heterocycles. The van der Waals surface area contributed by atoms with Crippen LogP contribution in [0.1, 0.15) is 5.56 Å². The number of alkyl halides is 3. The van der Waals surface area contributed by atoms with E-state index in [0.717, 1.165) is 12.1 Å². The van der Waals surface area contributed by atoms with Crippen LogP contribution in [0.15, 0.2) is 47.4 Å². The third kappa shape index (κ3) is 3.19. The quantitative estimate of drug-likeness (QED) is 0.928. The zero-order valence-electron chi connectivity index (χ0n) is 11.4. The van der Waals surface area contributed by atoms with Crippen LogP contribution in [0.3, 0.4) is 0 Å². The third-order valence-electron chi connectivity index (χ3n) is 3.12. The number of nitrogens with one attached hydrogen (secondary N) is 1. The molecule has 0 spiro atoms. The van der Waals surface area contributed by atoms with E-state index < -0.39 is 21.8 Å². The highest BCUT2D eigenvalue weighted by molar-refractivity contribution is 7.92. The molecule has 3 rings (SSSR count). The van der Waals surface area contributed by atoms with Crippen molar-refractivity contribution in [2.75, 3.05) is 11.5 Å². The van der Waals surface area contributed by atoms with Gasteiger partial charge in [-0.15, -0.1) is 0 Å². The number of ether oxygens (including phenoxy) is 2. The maximum absolute atomic E-state index is 12.5. The number of fused-ring (bicyclic) bond motifs is 1. The van der Waals surface area contributed by atoms with E-state index in [0.29, 0.717) is 23.6 Å². The zero-order valence-corrected chi connectivity index (χ0v) is 12.2. The molecule has 1 heterocycles. The van der Waals surface area contributed by atoms with Crippen LogP contribution >= 0.6 is 0 Å². The van der Waals surface area contributed by atoms with Gasteiger partial charge in [-0.05, 0) is 36.4 Å². The second-order valence-corrected chi connectivity index (χ2v) is 6.38. The predicted molar refractivity (Wildman–Crippen MR) is 74.8 cm³/mol. The minimum Gasteiger partial charge on any atom is -0.454 e. The molecule has 1 aliphatic rings. The number of hydrogen-bond acceptors (Lipinski definition) is 4. The van der Waals surface area contributed by atoms with Gasteiger partial charge in [-0.25, -0.2) is 8.42 Å². The number of anilines is 1. The third-order valence-corrected chi connectivity index (χ3v) is 4.51. The number of hydrogen-bond donors (Lipinski definition) is 1. The summed E-state index contributed by atoms with van der Waals surface area (Å²) < 4.78 is 74.4. The lowest BCUT2D eigenvalue weighted by atomic mass is 10.2. The van der Waals surface area contributed by atoms with Crippen LogP contribution in [0.5, 0.6) is 11.5 Å². The van der Waals surface area contributed by atoms with Gasteiger partial charge in [-0.1, -0.05) is 0 Å². The molecule has 0 bridgehead atoms. The molecule has 9 heteroatoms. The van der Waals surface area contributed by atoms with Crippen molar-refractivity contribution < 1.29 is 31.1 Å². The molecular formula is C14H10F3NO4S. The Balaban J connectivity index is 1.84. The van der Waals surface area contributed by atoms with Crippen LogP contribution in [-0.2, 0) is 16.2 Å². The van der Waals surface area contributed by atoms with E-state index in [9.17, 15) is 21.6 Å². The number of benzene rings is 2. The van der Waals surface area contributed by atoms with Gasteiger partial charge >= 0.3 is 6.18 Å². The lowest BCUT2D eigenvalue weighted by Crippen LogP contribution is -2.13. The topological polar surface area (TPSA) is 64.6 Å². The van der Waals surface area contributed by atoms with E-state index in [2.05, 4.69) is 4.72 Å². The van der Waals surface area contributed by atoms with Crippen molar-refractivity contribution in [3.63, 3.8) is 0 Å². The number of sulfonamides is 1. The van der Waals surface area contributed by atoms with Crippen molar-refractivity contribution >= 4 is 15.7 Å². The Bertz CT molecular complexity index is 832. The van der Waals surface area contributed by atoms with Crippen LogP contribution in [0.2, 0.25) is 0 Å². The van der Waals surface area contributed by atoms with Crippen LogP contribution in [0.4, 0.5) is 18.9 Å². The average Bonchev–Trinajstić information content (AvgIpc) is 2.93. The first-order valence-corrected chi connectivity index (χ1v) is 7.84. The molecule has 0 atom stereocenters. The smallest absolute Gasteiger partial charge is 0.416 e. The number of halogens is 3. The summed E-state index contributed by atoms with van der Waals surface area (Å²) in [4.78, 5) is -0.275. The van der Waals surface area contributed by atoms with E-state index in [-0.39, 0.29) is 17.4 Å². The van der Waals surface area contributed by atoms with E-state index in [4.69, 9.17) is 9.47 Å². The molecular weight excluding hydrogens is 335 g/mol. The molecule has 23 heavy (non-hydrogen) atoms. The van der Waals surface area contributed by atoms with Gasteiger partial charge in [0.05, 0.1) is 16.1 Å². The molecule has 5 nitrogen and oxygen atoms in total. The minimum atomic E-state index is -4.52. The summed E-state index contributed by atoms with van der Waals surface area (Å²) in [6, 6.07) is 7.67. The van der Waals surface area contributed by atoms with Gasteiger partial charge in [0.2, 0.25) is 6.79 Å². The van der Waals surface area contributed by atoms with Gasteiger partial charge < -0.3 is 9.47 Å². The Morgan fingerprint density at radius 1 is 0.957 bits per heavy atom. The van der Waals surface area contributed by atoms with Crippen LogP contribution in [-0.4, -0.2) is 15.2 Å². The summed E-state index contributed by atoms with van der Waals surface area (Å²) in [5.74, 6) is 0.875. The lowest BCUT2D eigenvalue weighted by Gasteiger charge is -2.10. The first-order chi connectivity index (χ1) is 10.8. The monoisotopic (exact) mass is 345 g/mol. The van der Waals surface area contributed by atoms with E-state index in [1.807, 2.05) is 0 Å². The van der Waals surface area contributed by atoms with Crippen molar-refractivity contribution in [1.29, 1.82) is 0 Å². The van der Waals surface area contributed by atoms with E-state index >= 15 is 0 Å². The van der Waals surface area contributed by atoms with Crippen LogP contribution in [0, 0.1) is 0 Å². The molecule has 2 aromatic rings. The fourth-order valence-electron chi connectivity index (χ4n) is 2.00. The van der Waals surface area contributed by atoms with Crippen molar-refractivity contribution in [2.45, 2.75) is 11.1 Å². The highest BCUT2D eigenvalue weighted by Crippen LogP contribution is 2.35. The summed E-state index contributed by atoms with van der Waals surface area (Å²) in [6.45, 7) is 0.0461. The molecule has 0 radical (unpaired) electrons. The molecule has 0 aliphatic carbocycles. The molecule has 1 N–H and O–H groups in total. The maximum atomic E-state index is 12.5. The zero-order chi connectivity index (χ0) is 16.7. The minimum absolute atomic E-state index is 0.0461. The summed E-state index contributed by atoms with van der Waals surface area (Å²) in [5, 5.41) is 0. The largest absolute Gasteiger partial charge is 0.454 e. The Kier molecular flexibility index (Phi) is 3.59. The van der Waals surface area contributed by atoms with Gasteiger partial charge in [-0.3, -0.25) is 4.72 Å². The van der Waals surface area contributed by atoms with Crippen LogP contribution in [0.25, 0.3) is 0 Å². The van der Waals surface area contributed by atoms with Crippen molar-refractivity contribution in [2.24, 2.45) is 0 Å². The van der Waals surface area contributed by atoms with Crippen molar-refractivity contribution in [3.8, 4) is 11.5 Å². The van der Waals surface area contributed by atoms with Crippen molar-refractivity contribution in [3.05, 3.63) is 48.0 Å². The summed E-state index contributed by atoms with van der Waals surface area (Å²) in [6.07, 6.45) is -4.52. The lowest BCUT2D eigenvalue weighted by molar-refractivity contribution is -0.137. The van der Waals surface area contributed by atoms with Gasteiger partial charge in [0.25, 0.3) is 10.0 Å². The maximum Gasteiger partial charge on any atom is 0.416 e. The Morgan fingerprint density at radius 2 is 1.61 bits per heavy atom. The standard InChI is InChI=1S/C14H10F3NO4S/c15-14(16,17)9-1-4-11(5-2-9)23(19,20)18-10-3-6-12-13(7-10)22-8-21-12/h1-7,18H,8H2. The predicted octanol–water partition coefficient (Wildman–Crippen LogP) is 3.23. The fraction of sp³-hybridized carbons (Fsp3) is 0.143. The highest BCUT2D eigenvalue weighted by atomic mass is 32.2. The molecule has 0 saturated carbocycles. The van der Waals surface area contributed by atoms with E-state index in [1.165, 1.54) is 18.2 Å². The Labute approximate surface area is 129 Å². The molecule has 0 fully saturated rings. The molecule has 0 amide bonds. The van der Waals surface area contributed by atoms with Gasteiger partial charge in [0.15, 0.2) is 11.5 Å². The second kappa shape index (κ2) is 5.34. The van der Waals surface area contributed by atoms with Crippen LogP contribution < -0.4 is 14.2 Å². The van der Waals surface area contributed by atoms with Gasteiger partial charge in [0, 0.05) is 6.07 Å². The summed E-state index contributed by atoms with van der Waals surface area (Å²) in [5.41, 5.74) is -0.700. The van der Waals surface area contributed by atoms with Crippen molar-refractivity contribution in [1.82, 2.24) is 0 Å². The molecule has 2 aromatic carbocycles. The summed E-state index contributed by atoms with van der Waals surface area (Å²) >= 11 is 0.